The summed E-state index contributed by atoms with van der Waals surface area (Å²) in [5, 5.41) is 10.6. The van der Waals surface area contributed by atoms with Crippen LogP contribution in [0.25, 0.3) is 0 Å². The van der Waals surface area contributed by atoms with E-state index in [9.17, 15) is 5.11 Å². The number of hydrogen-bond donors (Lipinski definition) is 1. The Morgan fingerprint density at radius 1 is 1.24 bits per heavy atom. The minimum absolute atomic E-state index is 0.0736. The van der Waals surface area contributed by atoms with Gasteiger partial charge in [0.1, 0.15) is 24.2 Å². The molecule has 2 aromatic rings. The third-order valence-electron chi connectivity index (χ3n) is 2.13. The molecule has 1 atom stereocenters. The molecule has 2 rings (SSSR count). The van der Waals surface area contributed by atoms with Crippen molar-refractivity contribution >= 4 is 23.2 Å². The van der Waals surface area contributed by atoms with Crippen molar-refractivity contribution in [2.75, 3.05) is 6.61 Å². The van der Waals surface area contributed by atoms with E-state index in [0.717, 1.165) is 0 Å². The van der Waals surface area contributed by atoms with E-state index in [4.69, 9.17) is 32.4 Å². The number of hydrogen-bond acceptors (Lipinski definition) is 3. The monoisotopic (exact) mass is 272 g/mol. The van der Waals surface area contributed by atoms with Crippen molar-refractivity contribution in [1.29, 1.82) is 0 Å². The van der Waals surface area contributed by atoms with Crippen molar-refractivity contribution in [3.63, 3.8) is 0 Å². The second kappa shape index (κ2) is 5.45. The van der Waals surface area contributed by atoms with E-state index in [1.807, 2.05) is 0 Å². The maximum Gasteiger partial charge on any atom is 0.193 e. The van der Waals surface area contributed by atoms with Gasteiger partial charge in [-0.25, -0.2) is 0 Å². The molecule has 0 bridgehead atoms. The van der Waals surface area contributed by atoms with Crippen molar-refractivity contribution in [2.45, 2.75) is 6.10 Å². The number of aliphatic hydroxyl groups excluding tert-OH is 1. The predicted molar refractivity (Wildman–Crippen MR) is 65.6 cm³/mol. The average molecular weight is 273 g/mol. The molecule has 1 N–H and O–H groups in total. The fourth-order valence-corrected chi connectivity index (χ4v) is 1.65. The lowest BCUT2D eigenvalue weighted by Crippen LogP contribution is -2.08. The van der Waals surface area contributed by atoms with E-state index in [2.05, 4.69) is 0 Å². The Kier molecular flexibility index (Phi) is 3.94. The molecule has 0 aliphatic carbocycles. The Bertz CT molecular complexity index is 496. The fourth-order valence-electron chi connectivity index (χ4n) is 1.32. The van der Waals surface area contributed by atoms with Crippen LogP contribution in [0.4, 0.5) is 0 Å². The van der Waals surface area contributed by atoms with Gasteiger partial charge in [-0.15, -0.1) is 0 Å². The topological polar surface area (TPSA) is 42.6 Å². The summed E-state index contributed by atoms with van der Waals surface area (Å²) in [5.41, 5.74) is 0. The molecular formula is C12H10Cl2O3. The van der Waals surface area contributed by atoms with Gasteiger partial charge in [0.2, 0.25) is 0 Å². The maximum absolute atomic E-state index is 9.75. The summed E-state index contributed by atoms with van der Waals surface area (Å²) < 4.78 is 10.4. The van der Waals surface area contributed by atoms with Crippen LogP contribution in [0, 0.1) is 0 Å². The van der Waals surface area contributed by atoms with Crippen LogP contribution in [0.3, 0.4) is 0 Å². The van der Waals surface area contributed by atoms with E-state index in [1.54, 1.807) is 36.4 Å². The number of rotatable bonds is 4. The number of ether oxygens (including phenoxy) is 1. The van der Waals surface area contributed by atoms with Crippen LogP contribution in [0.1, 0.15) is 11.9 Å². The van der Waals surface area contributed by atoms with Gasteiger partial charge in [0.15, 0.2) is 5.22 Å². The van der Waals surface area contributed by atoms with Gasteiger partial charge >= 0.3 is 0 Å². The quantitative estimate of drug-likeness (QED) is 0.923. The Morgan fingerprint density at radius 2 is 2.06 bits per heavy atom. The molecule has 0 saturated heterocycles. The highest BCUT2D eigenvalue weighted by molar-refractivity contribution is 6.30. The first-order valence-electron chi connectivity index (χ1n) is 4.97. The Morgan fingerprint density at radius 3 is 2.71 bits per heavy atom. The van der Waals surface area contributed by atoms with E-state index in [1.165, 1.54) is 0 Å². The minimum Gasteiger partial charge on any atom is -0.490 e. The zero-order valence-corrected chi connectivity index (χ0v) is 10.3. The van der Waals surface area contributed by atoms with Gasteiger partial charge in [0, 0.05) is 5.02 Å². The highest BCUT2D eigenvalue weighted by Gasteiger charge is 2.12. The Hall–Kier alpha value is -1.16. The van der Waals surface area contributed by atoms with Crippen LogP contribution < -0.4 is 4.74 Å². The first-order chi connectivity index (χ1) is 8.15. The van der Waals surface area contributed by atoms with Crippen molar-refractivity contribution in [1.82, 2.24) is 0 Å². The third-order valence-corrected chi connectivity index (χ3v) is 2.56. The summed E-state index contributed by atoms with van der Waals surface area (Å²) in [6.45, 7) is 0.0736. The largest absolute Gasteiger partial charge is 0.490 e. The summed E-state index contributed by atoms with van der Waals surface area (Å²) in [6.07, 6.45) is -0.860. The smallest absolute Gasteiger partial charge is 0.193 e. The molecule has 0 radical (unpaired) electrons. The molecule has 1 heterocycles. The van der Waals surface area contributed by atoms with Crippen LogP contribution >= 0.6 is 23.2 Å². The Labute approximate surface area is 109 Å². The normalized spacial score (nSPS) is 12.4. The van der Waals surface area contributed by atoms with Crippen molar-refractivity contribution in [3.8, 4) is 5.75 Å². The third kappa shape index (κ3) is 3.40. The van der Waals surface area contributed by atoms with E-state index >= 15 is 0 Å². The molecule has 1 unspecified atom stereocenters. The van der Waals surface area contributed by atoms with Crippen LogP contribution in [0.15, 0.2) is 40.8 Å². The van der Waals surface area contributed by atoms with Gasteiger partial charge in [-0.3, -0.25) is 0 Å². The van der Waals surface area contributed by atoms with Crippen LogP contribution in [0.2, 0.25) is 10.2 Å². The van der Waals surface area contributed by atoms with E-state index in [0.29, 0.717) is 16.5 Å². The fraction of sp³-hybridized carbons (Fsp3) is 0.167. The number of furan rings is 1. The summed E-state index contributed by atoms with van der Waals surface area (Å²) >= 11 is 11.4. The summed E-state index contributed by atoms with van der Waals surface area (Å²) in [4.78, 5) is 0. The molecule has 90 valence electrons. The van der Waals surface area contributed by atoms with Gasteiger partial charge in [-0.1, -0.05) is 17.7 Å². The van der Waals surface area contributed by atoms with Crippen LogP contribution in [-0.2, 0) is 0 Å². The second-order valence-electron chi connectivity index (χ2n) is 3.43. The van der Waals surface area contributed by atoms with Crippen molar-refractivity contribution < 1.29 is 14.3 Å². The number of aliphatic hydroxyl groups is 1. The molecule has 5 heteroatoms. The summed E-state index contributed by atoms with van der Waals surface area (Å²) in [5.74, 6) is 0.964. The van der Waals surface area contributed by atoms with Gasteiger partial charge in [0.05, 0.1) is 0 Å². The highest BCUT2D eigenvalue weighted by atomic mass is 35.5. The molecule has 0 aliphatic heterocycles. The lowest BCUT2D eigenvalue weighted by molar-refractivity contribution is 0.0889. The standard InChI is InChI=1S/C12H10Cl2O3/c13-8-2-1-3-9(6-8)16-7-10(15)11-4-5-12(14)17-11/h1-6,10,15H,7H2. The molecule has 0 amide bonds. The van der Waals surface area contributed by atoms with E-state index in [-0.39, 0.29) is 11.8 Å². The first-order valence-corrected chi connectivity index (χ1v) is 5.72. The molecular weight excluding hydrogens is 263 g/mol. The average Bonchev–Trinajstić information content (AvgIpc) is 2.73. The van der Waals surface area contributed by atoms with Crippen LogP contribution in [0.5, 0.6) is 5.75 Å². The molecule has 17 heavy (non-hydrogen) atoms. The van der Waals surface area contributed by atoms with Gasteiger partial charge in [-0.2, -0.15) is 0 Å². The van der Waals surface area contributed by atoms with Gasteiger partial charge in [0.25, 0.3) is 0 Å². The van der Waals surface area contributed by atoms with Crippen molar-refractivity contribution in [3.05, 3.63) is 52.4 Å². The van der Waals surface area contributed by atoms with Gasteiger partial charge in [-0.05, 0) is 41.9 Å². The molecule has 0 saturated carbocycles. The molecule has 1 aromatic carbocycles. The number of halogens is 2. The summed E-state index contributed by atoms with van der Waals surface area (Å²) in [6, 6.07) is 10.1. The van der Waals surface area contributed by atoms with Crippen LogP contribution in [-0.4, -0.2) is 11.7 Å². The van der Waals surface area contributed by atoms with E-state index < -0.39 is 6.10 Å². The lowest BCUT2D eigenvalue weighted by Gasteiger charge is -2.10. The molecule has 0 spiro atoms. The highest BCUT2D eigenvalue weighted by Crippen LogP contribution is 2.22. The molecule has 1 aromatic heterocycles. The zero-order chi connectivity index (χ0) is 12.3. The summed E-state index contributed by atoms with van der Waals surface area (Å²) in [7, 11) is 0. The molecule has 0 fully saturated rings. The SMILES string of the molecule is OC(COc1cccc(Cl)c1)c1ccc(Cl)o1. The van der Waals surface area contributed by atoms with Crippen molar-refractivity contribution in [2.24, 2.45) is 0 Å². The molecule has 0 aliphatic rings. The Balaban J connectivity index is 1.94. The lowest BCUT2D eigenvalue weighted by atomic mass is 10.3. The second-order valence-corrected chi connectivity index (χ2v) is 4.24. The maximum atomic E-state index is 9.75. The zero-order valence-electron chi connectivity index (χ0n) is 8.77. The molecule has 3 nitrogen and oxygen atoms in total. The first kappa shape index (κ1) is 12.3. The number of benzene rings is 1. The minimum atomic E-state index is -0.860. The van der Waals surface area contributed by atoms with Gasteiger partial charge < -0.3 is 14.3 Å². The predicted octanol–water partition coefficient (Wildman–Crippen LogP) is 3.70.